The molecule has 0 spiro atoms. The van der Waals surface area contributed by atoms with Gasteiger partial charge in [-0.15, -0.1) is 0 Å². The van der Waals surface area contributed by atoms with E-state index in [1.807, 2.05) is 12.1 Å². The summed E-state index contributed by atoms with van der Waals surface area (Å²) in [5.41, 5.74) is 1.90. The summed E-state index contributed by atoms with van der Waals surface area (Å²) < 4.78 is 5.25. The van der Waals surface area contributed by atoms with Crippen LogP contribution in [0.2, 0.25) is 0 Å². The fourth-order valence-electron chi connectivity index (χ4n) is 5.99. The normalized spacial score (nSPS) is 29.8. The van der Waals surface area contributed by atoms with E-state index in [1.54, 1.807) is 7.11 Å². The van der Waals surface area contributed by atoms with Gasteiger partial charge in [-0.05, 0) is 54.4 Å². The van der Waals surface area contributed by atoms with Crippen LogP contribution in [0.5, 0.6) is 5.75 Å². The smallest absolute Gasteiger partial charge is 0.237 e. The molecule has 2 heterocycles. The van der Waals surface area contributed by atoms with Gasteiger partial charge in [-0.1, -0.05) is 20.8 Å². The Balaban J connectivity index is 1.31. The van der Waals surface area contributed by atoms with Crippen molar-refractivity contribution < 1.29 is 9.53 Å². The fraction of sp³-hybridized carbons (Fsp3) is 0.696. The molecule has 4 rings (SSSR count). The van der Waals surface area contributed by atoms with Gasteiger partial charge in [0.2, 0.25) is 5.91 Å². The molecule has 5 nitrogen and oxygen atoms in total. The zero-order chi connectivity index (χ0) is 19.9. The van der Waals surface area contributed by atoms with Crippen LogP contribution in [0.25, 0.3) is 0 Å². The zero-order valence-electron chi connectivity index (χ0n) is 17.9. The first-order valence-electron chi connectivity index (χ1n) is 10.7. The molecule has 0 N–H and O–H groups in total. The third-order valence-corrected chi connectivity index (χ3v) is 6.90. The molecule has 28 heavy (non-hydrogen) atoms. The van der Waals surface area contributed by atoms with Gasteiger partial charge in [0.05, 0.1) is 13.7 Å². The average Bonchev–Trinajstić information content (AvgIpc) is 2.91. The maximum atomic E-state index is 13.1. The van der Waals surface area contributed by atoms with Gasteiger partial charge < -0.3 is 14.5 Å². The number of hydrogen-bond acceptors (Lipinski definition) is 4. The van der Waals surface area contributed by atoms with Crippen molar-refractivity contribution in [3.63, 3.8) is 0 Å². The molecule has 154 valence electrons. The second-order valence-electron chi connectivity index (χ2n) is 10.2. The Labute approximate surface area is 169 Å². The standard InChI is InChI=1S/C23H35N3O2/c1-22(2)13-19-14-23(3,16-22)17-26(19)21(27)15-24-9-11-25(12-10-24)18-5-7-20(28-4)8-6-18/h5-8,19H,9-17H2,1-4H3/t19-,23-/m0/s1. The Morgan fingerprint density at radius 1 is 1.07 bits per heavy atom. The molecule has 2 atom stereocenters. The highest BCUT2D eigenvalue weighted by Crippen LogP contribution is 2.52. The second-order valence-corrected chi connectivity index (χ2v) is 10.2. The lowest BCUT2D eigenvalue weighted by Crippen LogP contribution is -2.51. The lowest BCUT2D eigenvalue weighted by molar-refractivity contribution is -0.133. The van der Waals surface area contributed by atoms with Crippen LogP contribution >= 0.6 is 0 Å². The number of carbonyl (C=O) groups excluding carboxylic acids is 1. The SMILES string of the molecule is COc1ccc(N2CCN(CC(=O)N3C[C@@]4(C)C[C@@H]3CC(C)(C)C4)CC2)cc1. The third kappa shape index (κ3) is 4.00. The van der Waals surface area contributed by atoms with E-state index in [9.17, 15) is 4.79 Å². The molecule has 0 radical (unpaired) electrons. The number of benzene rings is 1. The number of ether oxygens (including phenoxy) is 1. The van der Waals surface area contributed by atoms with Crippen LogP contribution in [0.15, 0.2) is 24.3 Å². The molecule has 3 fully saturated rings. The zero-order valence-corrected chi connectivity index (χ0v) is 17.9. The van der Waals surface area contributed by atoms with Gasteiger partial charge in [0.25, 0.3) is 0 Å². The number of nitrogens with zero attached hydrogens (tertiary/aromatic N) is 3. The number of hydrogen-bond donors (Lipinski definition) is 0. The predicted molar refractivity (Wildman–Crippen MR) is 113 cm³/mol. The summed E-state index contributed by atoms with van der Waals surface area (Å²) in [7, 11) is 1.69. The van der Waals surface area contributed by atoms with E-state index in [-0.39, 0.29) is 0 Å². The molecule has 2 aliphatic heterocycles. The Morgan fingerprint density at radius 3 is 2.39 bits per heavy atom. The van der Waals surface area contributed by atoms with Gasteiger partial charge in [-0.3, -0.25) is 9.69 Å². The van der Waals surface area contributed by atoms with Gasteiger partial charge in [0, 0.05) is 44.5 Å². The van der Waals surface area contributed by atoms with Crippen LogP contribution in [0, 0.1) is 10.8 Å². The highest BCUT2D eigenvalue weighted by Gasteiger charge is 2.50. The van der Waals surface area contributed by atoms with Crippen LogP contribution in [0.3, 0.4) is 0 Å². The van der Waals surface area contributed by atoms with Crippen molar-refractivity contribution in [1.29, 1.82) is 0 Å². The largest absolute Gasteiger partial charge is 0.497 e. The Hall–Kier alpha value is -1.75. The number of amides is 1. The van der Waals surface area contributed by atoms with E-state index in [4.69, 9.17) is 4.74 Å². The third-order valence-electron chi connectivity index (χ3n) is 6.90. The number of likely N-dealkylation sites (tertiary alicyclic amines) is 1. The van der Waals surface area contributed by atoms with Gasteiger partial charge in [-0.2, -0.15) is 0 Å². The number of anilines is 1. The van der Waals surface area contributed by atoms with Crippen LogP contribution in [0.1, 0.15) is 40.0 Å². The Bertz CT molecular complexity index is 709. The molecule has 0 aromatic heterocycles. The van der Waals surface area contributed by atoms with Crippen molar-refractivity contribution in [2.24, 2.45) is 10.8 Å². The van der Waals surface area contributed by atoms with Crippen LogP contribution in [-0.2, 0) is 4.79 Å². The molecule has 1 aromatic rings. The number of carbonyl (C=O) groups is 1. The van der Waals surface area contributed by atoms with E-state index < -0.39 is 0 Å². The number of piperazine rings is 1. The number of fused-ring (bicyclic) bond motifs is 2. The molecule has 1 aromatic carbocycles. The molecule has 3 aliphatic rings. The minimum Gasteiger partial charge on any atom is -0.497 e. The van der Waals surface area contributed by atoms with Crippen LogP contribution < -0.4 is 9.64 Å². The average molecular weight is 386 g/mol. The van der Waals surface area contributed by atoms with E-state index in [1.165, 1.54) is 18.5 Å². The fourth-order valence-corrected chi connectivity index (χ4v) is 5.99. The van der Waals surface area contributed by atoms with Crippen LogP contribution in [-0.4, -0.2) is 68.1 Å². The van der Waals surface area contributed by atoms with Gasteiger partial charge in [0.15, 0.2) is 0 Å². The first-order chi connectivity index (χ1) is 13.3. The topological polar surface area (TPSA) is 36.0 Å². The molecule has 5 heteroatoms. The van der Waals surface area contributed by atoms with Crippen molar-refractivity contribution in [2.75, 3.05) is 51.3 Å². The highest BCUT2D eigenvalue weighted by molar-refractivity contribution is 5.79. The maximum absolute atomic E-state index is 13.1. The summed E-state index contributed by atoms with van der Waals surface area (Å²) in [6.45, 7) is 12.4. The lowest BCUT2D eigenvalue weighted by atomic mass is 9.65. The molecule has 0 unspecified atom stereocenters. The van der Waals surface area contributed by atoms with Crippen molar-refractivity contribution in [3.8, 4) is 5.75 Å². The summed E-state index contributed by atoms with van der Waals surface area (Å²) >= 11 is 0. The van der Waals surface area contributed by atoms with Gasteiger partial charge in [-0.25, -0.2) is 0 Å². The summed E-state index contributed by atoms with van der Waals surface area (Å²) in [4.78, 5) is 20.0. The van der Waals surface area contributed by atoms with E-state index in [2.05, 4.69) is 47.6 Å². The Kier molecular flexibility index (Phi) is 5.07. The molecular formula is C23H35N3O2. The molecule has 2 saturated heterocycles. The van der Waals surface area contributed by atoms with E-state index in [0.717, 1.165) is 44.9 Å². The summed E-state index contributed by atoms with van der Waals surface area (Å²) in [5, 5.41) is 0. The van der Waals surface area contributed by atoms with Crippen molar-refractivity contribution in [2.45, 2.75) is 46.1 Å². The molecule has 1 amide bonds. The number of rotatable bonds is 4. The van der Waals surface area contributed by atoms with E-state index in [0.29, 0.717) is 29.3 Å². The first-order valence-corrected chi connectivity index (χ1v) is 10.7. The van der Waals surface area contributed by atoms with Gasteiger partial charge >= 0.3 is 0 Å². The number of methoxy groups -OCH3 is 1. The molecule has 2 bridgehead atoms. The van der Waals surface area contributed by atoms with Crippen LogP contribution in [0.4, 0.5) is 5.69 Å². The second kappa shape index (κ2) is 7.25. The van der Waals surface area contributed by atoms with Crippen molar-refractivity contribution >= 4 is 11.6 Å². The lowest BCUT2D eigenvalue weighted by Gasteiger charge is -2.39. The minimum atomic E-state index is 0.315. The van der Waals surface area contributed by atoms with E-state index >= 15 is 0 Å². The summed E-state index contributed by atoms with van der Waals surface area (Å²) in [6, 6.07) is 8.71. The predicted octanol–water partition coefficient (Wildman–Crippen LogP) is 3.24. The first kappa shape index (κ1) is 19.6. The molecule has 1 aliphatic carbocycles. The van der Waals surface area contributed by atoms with Crippen molar-refractivity contribution in [1.82, 2.24) is 9.80 Å². The molecule has 1 saturated carbocycles. The monoisotopic (exact) mass is 385 g/mol. The molecular weight excluding hydrogens is 350 g/mol. The quantitative estimate of drug-likeness (QED) is 0.797. The minimum absolute atomic E-state index is 0.315. The maximum Gasteiger partial charge on any atom is 0.237 e. The summed E-state index contributed by atoms with van der Waals surface area (Å²) in [5.74, 6) is 1.23. The van der Waals surface area contributed by atoms with Crippen molar-refractivity contribution in [3.05, 3.63) is 24.3 Å². The Morgan fingerprint density at radius 2 is 1.75 bits per heavy atom. The van der Waals surface area contributed by atoms with Gasteiger partial charge in [0.1, 0.15) is 5.75 Å². The highest BCUT2D eigenvalue weighted by atomic mass is 16.5. The summed E-state index contributed by atoms with van der Waals surface area (Å²) in [6.07, 6.45) is 3.58.